The standard InChI is InChI=1S/C11H16N4O3/c1-18-9-3-2-7(6-8(9)12)10(16)14-4-5-15-11(13)17/h2-3,6H,4-5,12H2,1H3,(H,14,16)(H3,13,15,17). The largest absolute Gasteiger partial charge is 0.495 e. The van der Waals surface area contributed by atoms with Crippen LogP contribution < -0.4 is 26.8 Å². The van der Waals surface area contributed by atoms with Crippen molar-refractivity contribution < 1.29 is 14.3 Å². The molecule has 98 valence electrons. The van der Waals surface area contributed by atoms with Crippen molar-refractivity contribution in [3.63, 3.8) is 0 Å². The third-order valence-corrected chi connectivity index (χ3v) is 2.20. The molecule has 18 heavy (non-hydrogen) atoms. The van der Waals surface area contributed by atoms with E-state index in [1.54, 1.807) is 12.1 Å². The van der Waals surface area contributed by atoms with Gasteiger partial charge in [0.05, 0.1) is 12.8 Å². The highest BCUT2D eigenvalue weighted by molar-refractivity contribution is 5.95. The van der Waals surface area contributed by atoms with E-state index in [4.69, 9.17) is 16.2 Å². The first-order valence-electron chi connectivity index (χ1n) is 5.29. The minimum absolute atomic E-state index is 0.271. The van der Waals surface area contributed by atoms with Gasteiger partial charge in [0, 0.05) is 18.7 Å². The number of nitrogens with two attached hydrogens (primary N) is 2. The van der Waals surface area contributed by atoms with Gasteiger partial charge in [0.25, 0.3) is 5.91 Å². The van der Waals surface area contributed by atoms with Crippen LogP contribution in [0.4, 0.5) is 10.5 Å². The van der Waals surface area contributed by atoms with Crippen LogP contribution >= 0.6 is 0 Å². The summed E-state index contributed by atoms with van der Waals surface area (Å²) in [7, 11) is 1.50. The first kappa shape index (κ1) is 13.6. The molecule has 1 rings (SSSR count). The van der Waals surface area contributed by atoms with Gasteiger partial charge in [-0.1, -0.05) is 0 Å². The number of primary amides is 1. The van der Waals surface area contributed by atoms with Gasteiger partial charge in [0.1, 0.15) is 5.75 Å². The van der Waals surface area contributed by atoms with E-state index < -0.39 is 6.03 Å². The summed E-state index contributed by atoms with van der Waals surface area (Å²) in [6.07, 6.45) is 0. The van der Waals surface area contributed by atoms with E-state index in [1.165, 1.54) is 13.2 Å². The maximum absolute atomic E-state index is 11.7. The quantitative estimate of drug-likeness (QED) is 0.424. The summed E-state index contributed by atoms with van der Waals surface area (Å²) < 4.78 is 4.99. The van der Waals surface area contributed by atoms with Gasteiger partial charge in [-0.2, -0.15) is 0 Å². The molecule has 0 saturated heterocycles. The lowest BCUT2D eigenvalue weighted by Crippen LogP contribution is -2.37. The number of methoxy groups -OCH3 is 1. The van der Waals surface area contributed by atoms with Crippen LogP contribution in [0, 0.1) is 0 Å². The Morgan fingerprint density at radius 3 is 2.50 bits per heavy atom. The van der Waals surface area contributed by atoms with Gasteiger partial charge >= 0.3 is 6.03 Å². The molecule has 7 nitrogen and oxygen atoms in total. The number of nitrogen functional groups attached to an aromatic ring is 1. The minimum atomic E-state index is -0.627. The molecule has 6 N–H and O–H groups in total. The SMILES string of the molecule is COc1ccc(C(=O)NCCNC(N)=O)cc1N. The highest BCUT2D eigenvalue weighted by atomic mass is 16.5. The molecular formula is C11H16N4O3. The summed E-state index contributed by atoms with van der Waals surface area (Å²) in [4.78, 5) is 22.1. The number of carbonyl (C=O) groups is 2. The molecule has 0 atom stereocenters. The summed E-state index contributed by atoms with van der Waals surface area (Å²) in [6.45, 7) is 0.556. The number of ether oxygens (including phenoxy) is 1. The topological polar surface area (TPSA) is 119 Å². The number of nitrogens with one attached hydrogen (secondary N) is 2. The number of rotatable bonds is 5. The third-order valence-electron chi connectivity index (χ3n) is 2.20. The van der Waals surface area contributed by atoms with Crippen LogP contribution in [0.3, 0.4) is 0 Å². The van der Waals surface area contributed by atoms with E-state index in [0.717, 1.165) is 0 Å². The second-order valence-corrected chi connectivity index (χ2v) is 3.50. The second-order valence-electron chi connectivity index (χ2n) is 3.50. The zero-order valence-corrected chi connectivity index (χ0v) is 10.0. The normalized spacial score (nSPS) is 9.61. The molecule has 0 saturated carbocycles. The Labute approximate surface area is 104 Å². The highest BCUT2D eigenvalue weighted by Gasteiger charge is 2.07. The maximum Gasteiger partial charge on any atom is 0.312 e. The minimum Gasteiger partial charge on any atom is -0.495 e. The van der Waals surface area contributed by atoms with Crippen molar-refractivity contribution in [2.24, 2.45) is 5.73 Å². The number of benzene rings is 1. The molecule has 0 aliphatic heterocycles. The van der Waals surface area contributed by atoms with Gasteiger partial charge in [0.2, 0.25) is 0 Å². The van der Waals surface area contributed by atoms with Crippen molar-refractivity contribution in [1.82, 2.24) is 10.6 Å². The highest BCUT2D eigenvalue weighted by Crippen LogP contribution is 2.21. The lowest BCUT2D eigenvalue weighted by Gasteiger charge is -2.08. The lowest BCUT2D eigenvalue weighted by molar-refractivity contribution is 0.0954. The van der Waals surface area contributed by atoms with Crippen molar-refractivity contribution in [3.05, 3.63) is 23.8 Å². The number of hydrogen-bond donors (Lipinski definition) is 4. The van der Waals surface area contributed by atoms with Crippen LogP contribution in [0.5, 0.6) is 5.75 Å². The molecule has 1 aromatic rings. The van der Waals surface area contributed by atoms with Gasteiger partial charge in [-0.15, -0.1) is 0 Å². The third kappa shape index (κ3) is 3.85. The van der Waals surface area contributed by atoms with E-state index in [2.05, 4.69) is 10.6 Å². The molecule has 0 aliphatic carbocycles. The molecule has 0 bridgehead atoms. The Kier molecular flexibility index (Phi) is 4.79. The Hall–Kier alpha value is -2.44. The van der Waals surface area contributed by atoms with Gasteiger partial charge in [-0.25, -0.2) is 4.79 Å². The smallest absolute Gasteiger partial charge is 0.312 e. The predicted octanol–water partition coefficient (Wildman–Crippen LogP) is -0.324. The van der Waals surface area contributed by atoms with Crippen LogP contribution in [-0.4, -0.2) is 32.1 Å². The van der Waals surface area contributed by atoms with Crippen LogP contribution in [0.15, 0.2) is 18.2 Å². The van der Waals surface area contributed by atoms with Crippen molar-refractivity contribution >= 4 is 17.6 Å². The van der Waals surface area contributed by atoms with Crippen LogP contribution in [0.2, 0.25) is 0 Å². The van der Waals surface area contributed by atoms with Crippen LogP contribution in [0.1, 0.15) is 10.4 Å². The van der Waals surface area contributed by atoms with Gasteiger partial charge < -0.3 is 26.8 Å². The summed E-state index contributed by atoms with van der Waals surface area (Å²) in [5.74, 6) is 0.234. The number of hydrogen-bond acceptors (Lipinski definition) is 4. The van der Waals surface area contributed by atoms with Crippen LogP contribution in [-0.2, 0) is 0 Å². The first-order valence-corrected chi connectivity index (χ1v) is 5.29. The monoisotopic (exact) mass is 252 g/mol. The molecule has 0 fully saturated rings. The molecule has 0 heterocycles. The fourth-order valence-electron chi connectivity index (χ4n) is 1.34. The molecule has 0 aromatic heterocycles. The summed E-state index contributed by atoms with van der Waals surface area (Å²) in [5, 5.41) is 4.97. The van der Waals surface area contributed by atoms with Gasteiger partial charge in [0.15, 0.2) is 0 Å². The average molecular weight is 252 g/mol. The van der Waals surface area contributed by atoms with E-state index in [1.807, 2.05) is 0 Å². The van der Waals surface area contributed by atoms with E-state index in [0.29, 0.717) is 17.0 Å². The lowest BCUT2D eigenvalue weighted by atomic mass is 10.2. The van der Waals surface area contributed by atoms with Crippen LogP contribution in [0.25, 0.3) is 0 Å². The number of urea groups is 1. The molecule has 0 unspecified atom stereocenters. The summed E-state index contributed by atoms with van der Waals surface area (Å²) >= 11 is 0. The summed E-state index contributed by atoms with van der Waals surface area (Å²) in [5.41, 5.74) is 11.4. The molecule has 1 aromatic carbocycles. The fourth-order valence-corrected chi connectivity index (χ4v) is 1.34. The van der Waals surface area contributed by atoms with E-state index in [9.17, 15) is 9.59 Å². The van der Waals surface area contributed by atoms with Crippen molar-refractivity contribution in [2.45, 2.75) is 0 Å². The molecule has 3 amide bonds. The Morgan fingerprint density at radius 1 is 1.28 bits per heavy atom. The molecule has 7 heteroatoms. The van der Waals surface area contributed by atoms with E-state index in [-0.39, 0.29) is 19.0 Å². The molecular weight excluding hydrogens is 236 g/mol. The maximum atomic E-state index is 11.7. The number of carbonyl (C=O) groups excluding carboxylic acids is 2. The van der Waals surface area contributed by atoms with Crippen molar-refractivity contribution in [1.29, 1.82) is 0 Å². The Morgan fingerprint density at radius 2 is 1.94 bits per heavy atom. The summed E-state index contributed by atoms with van der Waals surface area (Å²) in [6, 6.07) is 4.12. The average Bonchev–Trinajstić information content (AvgIpc) is 2.34. The molecule has 0 radical (unpaired) electrons. The van der Waals surface area contributed by atoms with Crippen molar-refractivity contribution in [3.8, 4) is 5.75 Å². The molecule has 0 spiro atoms. The molecule has 0 aliphatic rings. The second kappa shape index (κ2) is 6.33. The number of amides is 3. The Bertz CT molecular complexity index is 448. The van der Waals surface area contributed by atoms with Gasteiger partial charge in [-0.3, -0.25) is 4.79 Å². The van der Waals surface area contributed by atoms with Gasteiger partial charge in [-0.05, 0) is 18.2 Å². The predicted molar refractivity (Wildman–Crippen MR) is 67.3 cm³/mol. The zero-order chi connectivity index (χ0) is 13.5. The van der Waals surface area contributed by atoms with E-state index >= 15 is 0 Å². The Balaban J connectivity index is 2.51. The zero-order valence-electron chi connectivity index (χ0n) is 10.0. The van der Waals surface area contributed by atoms with Crippen molar-refractivity contribution in [2.75, 3.05) is 25.9 Å². The fraction of sp³-hybridized carbons (Fsp3) is 0.273. The number of anilines is 1. The first-order chi connectivity index (χ1) is 8.54.